The Morgan fingerprint density at radius 2 is 1.85 bits per heavy atom. The highest BCUT2D eigenvalue weighted by Gasteiger charge is 2.35. The minimum atomic E-state index is -4.64. The fourth-order valence-electron chi connectivity index (χ4n) is 4.14. The molecule has 0 aliphatic carbocycles. The monoisotopic (exact) mass is 490 g/mol. The molecule has 0 aliphatic rings. The van der Waals surface area contributed by atoms with Crippen molar-refractivity contribution in [3.63, 3.8) is 0 Å². The van der Waals surface area contributed by atoms with Crippen molar-refractivity contribution < 1.29 is 31.5 Å². The zero-order valence-electron chi connectivity index (χ0n) is 18.5. The van der Waals surface area contributed by atoms with Gasteiger partial charge >= 0.3 is 12.1 Å². The van der Waals surface area contributed by atoms with E-state index in [0.29, 0.717) is 27.6 Å². The molecular formula is C24H21F3N2O4S. The van der Waals surface area contributed by atoms with Gasteiger partial charge in [-0.25, -0.2) is 13.4 Å². The van der Waals surface area contributed by atoms with Gasteiger partial charge in [-0.05, 0) is 60.4 Å². The van der Waals surface area contributed by atoms with Gasteiger partial charge in [-0.15, -0.1) is 0 Å². The van der Waals surface area contributed by atoms with Crippen LogP contribution < -0.4 is 0 Å². The number of H-pyrrole nitrogens is 1. The highest BCUT2D eigenvalue weighted by atomic mass is 32.2. The number of alkyl halides is 3. The Balaban J connectivity index is 2.13. The van der Waals surface area contributed by atoms with Crippen LogP contribution in [-0.4, -0.2) is 35.2 Å². The number of fused-ring (bicyclic) bond motifs is 3. The summed E-state index contributed by atoms with van der Waals surface area (Å²) in [6.07, 6.45) is -4.97. The average molecular weight is 491 g/mol. The third kappa shape index (κ3) is 4.02. The topological polar surface area (TPSA) is 100 Å². The van der Waals surface area contributed by atoms with Gasteiger partial charge in [-0.2, -0.15) is 13.2 Å². The van der Waals surface area contributed by atoms with Crippen molar-refractivity contribution in [2.24, 2.45) is 0 Å². The van der Waals surface area contributed by atoms with Crippen LogP contribution in [0.25, 0.3) is 33.1 Å². The smallest absolute Gasteiger partial charge is 0.416 e. The van der Waals surface area contributed by atoms with Crippen LogP contribution in [0, 0.1) is 13.8 Å². The van der Waals surface area contributed by atoms with Crippen LogP contribution >= 0.6 is 0 Å². The first-order valence-electron chi connectivity index (χ1n) is 10.4. The van der Waals surface area contributed by atoms with Crippen molar-refractivity contribution in [1.29, 1.82) is 0 Å². The summed E-state index contributed by atoms with van der Waals surface area (Å²) in [4.78, 5) is 18.5. The van der Waals surface area contributed by atoms with E-state index in [9.17, 15) is 26.4 Å². The van der Waals surface area contributed by atoms with Gasteiger partial charge in [0.1, 0.15) is 5.65 Å². The van der Waals surface area contributed by atoms with Crippen molar-refractivity contribution in [1.82, 2.24) is 9.97 Å². The lowest BCUT2D eigenvalue weighted by molar-refractivity contribution is -0.138. The standard InChI is InChI=1S/C24H21F3N2O4S/c1-4-34(32,33)15-7-5-6-14(9-15)16-10-18(24(25,26)27)13(3)22-21(16)17-8-12(2)19(11-20(30)31)28-23(17)29-22/h5-10H,4,11H2,1-3H3,(H,28,29)(H,30,31). The van der Waals surface area contributed by atoms with E-state index in [0.717, 1.165) is 6.07 Å². The average Bonchev–Trinajstić information content (AvgIpc) is 3.12. The van der Waals surface area contributed by atoms with Gasteiger partial charge in [-0.1, -0.05) is 19.1 Å². The number of sulfone groups is 1. The van der Waals surface area contributed by atoms with Crippen LogP contribution in [0.5, 0.6) is 0 Å². The van der Waals surface area contributed by atoms with Crippen LogP contribution in [0.15, 0.2) is 41.3 Å². The van der Waals surface area contributed by atoms with Crippen LogP contribution in [0.2, 0.25) is 0 Å². The van der Waals surface area contributed by atoms with Gasteiger partial charge < -0.3 is 10.1 Å². The fourth-order valence-corrected chi connectivity index (χ4v) is 5.07. The molecule has 0 atom stereocenters. The first kappa shape index (κ1) is 23.7. The summed E-state index contributed by atoms with van der Waals surface area (Å²) in [6.45, 7) is 4.54. The Bertz CT molecular complexity index is 1570. The lowest BCUT2D eigenvalue weighted by Crippen LogP contribution is -2.08. The van der Waals surface area contributed by atoms with Crippen molar-refractivity contribution in [2.75, 3.05) is 5.75 Å². The van der Waals surface area contributed by atoms with E-state index in [1.807, 2.05) is 0 Å². The summed E-state index contributed by atoms with van der Waals surface area (Å²) in [5.41, 5.74) is 1.00. The minimum absolute atomic E-state index is 0.0210. The van der Waals surface area contributed by atoms with Gasteiger partial charge in [0.2, 0.25) is 0 Å². The number of hydrogen-bond acceptors (Lipinski definition) is 4. The van der Waals surface area contributed by atoms with E-state index in [4.69, 9.17) is 5.11 Å². The Kier molecular flexibility index (Phi) is 5.67. The molecule has 0 saturated carbocycles. The predicted molar refractivity (Wildman–Crippen MR) is 123 cm³/mol. The Morgan fingerprint density at radius 1 is 1.15 bits per heavy atom. The quantitative estimate of drug-likeness (QED) is 0.388. The van der Waals surface area contributed by atoms with Crippen LogP contribution in [0.3, 0.4) is 0 Å². The van der Waals surface area contributed by atoms with Crippen molar-refractivity contribution >= 4 is 37.7 Å². The second-order valence-electron chi connectivity index (χ2n) is 8.12. The zero-order valence-corrected chi connectivity index (χ0v) is 19.4. The number of aryl methyl sites for hydroxylation is 2. The molecule has 4 aromatic rings. The second-order valence-corrected chi connectivity index (χ2v) is 10.4. The molecule has 34 heavy (non-hydrogen) atoms. The van der Waals surface area contributed by atoms with Gasteiger partial charge in [0.25, 0.3) is 0 Å². The molecule has 2 heterocycles. The summed E-state index contributed by atoms with van der Waals surface area (Å²) < 4.78 is 66.6. The molecule has 6 nitrogen and oxygen atoms in total. The molecule has 2 aromatic carbocycles. The third-order valence-corrected chi connectivity index (χ3v) is 7.66. The number of hydrogen-bond donors (Lipinski definition) is 2. The summed E-state index contributed by atoms with van der Waals surface area (Å²) in [5.74, 6) is -1.22. The molecule has 0 bridgehead atoms. The van der Waals surface area contributed by atoms with Crippen molar-refractivity contribution in [3.05, 3.63) is 58.8 Å². The molecule has 0 spiro atoms. The summed E-state index contributed by atoms with van der Waals surface area (Å²) in [7, 11) is -3.58. The SMILES string of the molecule is CCS(=O)(=O)c1cccc(-c2cc(C(F)(F)F)c(C)c3[nH]c4nc(CC(=O)O)c(C)cc4c23)c1. The molecular weight excluding hydrogens is 469 g/mol. The zero-order chi connectivity index (χ0) is 25.0. The highest BCUT2D eigenvalue weighted by molar-refractivity contribution is 7.91. The number of halogens is 3. The molecule has 0 fully saturated rings. The molecule has 10 heteroatoms. The predicted octanol–water partition coefficient (Wildman–Crippen LogP) is 5.44. The van der Waals surface area contributed by atoms with Crippen LogP contribution in [0.4, 0.5) is 13.2 Å². The van der Waals surface area contributed by atoms with Gasteiger partial charge in [-0.3, -0.25) is 4.79 Å². The molecule has 178 valence electrons. The first-order valence-corrected chi connectivity index (χ1v) is 12.1. The van der Waals surface area contributed by atoms with E-state index >= 15 is 0 Å². The lowest BCUT2D eigenvalue weighted by atomic mass is 9.93. The van der Waals surface area contributed by atoms with E-state index in [-0.39, 0.29) is 39.4 Å². The number of nitrogens with zero attached hydrogens (tertiary/aromatic N) is 1. The normalized spacial score (nSPS) is 12.5. The van der Waals surface area contributed by atoms with E-state index in [1.54, 1.807) is 19.1 Å². The lowest BCUT2D eigenvalue weighted by Gasteiger charge is -2.15. The van der Waals surface area contributed by atoms with Crippen LogP contribution in [-0.2, 0) is 27.2 Å². The number of aromatic nitrogens is 2. The number of rotatable bonds is 5. The summed E-state index contributed by atoms with van der Waals surface area (Å²) >= 11 is 0. The second kappa shape index (κ2) is 8.12. The molecule has 0 saturated heterocycles. The fraction of sp³-hybridized carbons (Fsp3) is 0.250. The van der Waals surface area contributed by atoms with E-state index < -0.39 is 27.5 Å². The number of benzene rings is 2. The largest absolute Gasteiger partial charge is 0.481 e. The van der Waals surface area contributed by atoms with Crippen molar-refractivity contribution in [3.8, 4) is 11.1 Å². The molecule has 2 aromatic heterocycles. The minimum Gasteiger partial charge on any atom is -0.481 e. The number of aromatic amines is 1. The number of nitrogens with one attached hydrogen (secondary N) is 1. The Labute approximate surface area is 193 Å². The Morgan fingerprint density at radius 3 is 2.47 bits per heavy atom. The number of carbonyl (C=O) groups is 1. The molecule has 0 unspecified atom stereocenters. The van der Waals surface area contributed by atoms with E-state index in [2.05, 4.69) is 9.97 Å². The van der Waals surface area contributed by atoms with Gasteiger partial charge in [0.05, 0.1) is 33.8 Å². The number of carboxylic acids is 1. The van der Waals surface area contributed by atoms with Crippen LogP contribution in [0.1, 0.15) is 29.3 Å². The number of pyridine rings is 1. The van der Waals surface area contributed by atoms with Crippen molar-refractivity contribution in [2.45, 2.75) is 38.3 Å². The summed E-state index contributed by atoms with van der Waals surface area (Å²) in [5, 5.41) is 10.1. The molecule has 0 amide bonds. The maximum absolute atomic E-state index is 13.9. The maximum Gasteiger partial charge on any atom is 0.416 e. The summed E-state index contributed by atoms with van der Waals surface area (Å²) in [6, 6.07) is 8.58. The highest BCUT2D eigenvalue weighted by Crippen LogP contribution is 2.43. The first-order chi connectivity index (χ1) is 15.8. The third-order valence-electron chi connectivity index (χ3n) is 5.93. The van der Waals surface area contributed by atoms with Gasteiger partial charge in [0.15, 0.2) is 9.84 Å². The Hall–Kier alpha value is -3.40. The molecule has 0 aliphatic heterocycles. The molecule has 4 rings (SSSR count). The number of aliphatic carboxylic acids is 1. The van der Waals surface area contributed by atoms with E-state index in [1.165, 1.54) is 32.0 Å². The van der Waals surface area contributed by atoms with Gasteiger partial charge in [0, 0.05) is 10.8 Å². The number of carboxylic acid groups (broad SMARTS) is 1. The molecule has 0 radical (unpaired) electrons. The molecule has 2 N–H and O–H groups in total. The maximum atomic E-state index is 13.9.